The highest BCUT2D eigenvalue weighted by atomic mass is 16.5. The lowest BCUT2D eigenvalue weighted by atomic mass is 10.4. The second-order valence-corrected chi connectivity index (χ2v) is 2.16. The Morgan fingerprint density at radius 3 is 2.73 bits per heavy atom. The van der Waals surface area contributed by atoms with Gasteiger partial charge in [0, 0.05) is 0 Å². The molecule has 0 unspecified atom stereocenters. The Kier molecular flexibility index (Phi) is 5.25. The predicted molar refractivity (Wildman–Crippen MR) is 42.3 cm³/mol. The summed E-state index contributed by atoms with van der Waals surface area (Å²) < 4.78 is 4.68. The van der Waals surface area contributed by atoms with Crippen LogP contribution in [0.4, 0.5) is 0 Å². The van der Waals surface area contributed by atoms with Gasteiger partial charge in [-0.2, -0.15) is 0 Å². The number of hydrogen-bond donors (Lipinski definition) is 1. The number of unbranched alkanes of at least 4 members (excludes halogenated alkanes) is 1. The van der Waals surface area contributed by atoms with E-state index < -0.39 is 5.97 Å². The smallest absolute Gasteiger partial charge is 0.373 e. The molecule has 64 valence electrons. The van der Waals surface area contributed by atoms with Gasteiger partial charge >= 0.3 is 5.97 Å². The van der Waals surface area contributed by atoms with Crippen molar-refractivity contribution in [3.8, 4) is 0 Å². The van der Waals surface area contributed by atoms with E-state index in [1.54, 1.807) is 6.92 Å². The van der Waals surface area contributed by atoms with Gasteiger partial charge in [0.25, 0.3) is 0 Å². The van der Waals surface area contributed by atoms with Crippen molar-refractivity contribution in [1.82, 2.24) is 0 Å². The first-order chi connectivity index (χ1) is 5.22. The summed E-state index contributed by atoms with van der Waals surface area (Å²) in [6.45, 7) is 3.97. The zero-order valence-corrected chi connectivity index (χ0v) is 6.96. The molecule has 0 amide bonds. The highest BCUT2D eigenvalue weighted by Gasteiger charge is 2.05. The summed E-state index contributed by atoms with van der Waals surface area (Å²) in [5.74, 6) is -0.956. The van der Waals surface area contributed by atoms with Crippen molar-refractivity contribution in [2.45, 2.75) is 26.7 Å². The SMILES string of the molecule is C/C=C(\O)C(=O)OCCCC. The standard InChI is InChI=1S/C8H14O3/c1-3-5-6-11-8(10)7(9)4-2/h4,9H,3,5-6H2,1-2H3/b7-4-. The fourth-order valence-corrected chi connectivity index (χ4v) is 0.501. The number of ether oxygens (including phenoxy) is 1. The van der Waals surface area contributed by atoms with Crippen LogP contribution >= 0.6 is 0 Å². The lowest BCUT2D eigenvalue weighted by Crippen LogP contribution is -2.08. The Balaban J connectivity index is 3.53. The molecule has 0 saturated carbocycles. The number of rotatable bonds is 4. The van der Waals surface area contributed by atoms with E-state index in [1.165, 1.54) is 6.08 Å². The summed E-state index contributed by atoms with van der Waals surface area (Å²) in [4.78, 5) is 10.7. The normalized spacial score (nSPS) is 11.3. The number of aliphatic hydroxyl groups excluding tert-OH is 1. The molecule has 0 bridgehead atoms. The Labute approximate surface area is 66.7 Å². The minimum atomic E-state index is -0.638. The maximum absolute atomic E-state index is 10.7. The Bertz CT molecular complexity index is 149. The molecule has 0 rings (SSSR count). The molecule has 11 heavy (non-hydrogen) atoms. The van der Waals surface area contributed by atoms with E-state index in [0.29, 0.717) is 6.61 Å². The van der Waals surface area contributed by atoms with Gasteiger partial charge in [-0.15, -0.1) is 0 Å². The fourth-order valence-electron chi connectivity index (χ4n) is 0.501. The van der Waals surface area contributed by atoms with E-state index in [4.69, 9.17) is 5.11 Å². The molecule has 0 aromatic rings. The minimum absolute atomic E-state index is 0.318. The minimum Gasteiger partial charge on any atom is -0.502 e. The molecule has 0 radical (unpaired) electrons. The van der Waals surface area contributed by atoms with Crippen molar-refractivity contribution < 1.29 is 14.6 Å². The van der Waals surface area contributed by atoms with Gasteiger partial charge in [0.2, 0.25) is 0 Å². The Morgan fingerprint density at radius 1 is 1.64 bits per heavy atom. The zero-order valence-electron chi connectivity index (χ0n) is 6.96. The van der Waals surface area contributed by atoms with Gasteiger partial charge in [-0.3, -0.25) is 0 Å². The van der Waals surface area contributed by atoms with Crippen molar-refractivity contribution in [2.24, 2.45) is 0 Å². The third-order valence-corrected chi connectivity index (χ3v) is 1.21. The summed E-state index contributed by atoms with van der Waals surface area (Å²) in [5, 5.41) is 8.81. The summed E-state index contributed by atoms with van der Waals surface area (Å²) in [6, 6.07) is 0. The predicted octanol–water partition coefficient (Wildman–Crippen LogP) is 1.79. The first kappa shape index (κ1) is 10.0. The third kappa shape index (κ3) is 4.42. The third-order valence-electron chi connectivity index (χ3n) is 1.21. The first-order valence-electron chi connectivity index (χ1n) is 3.74. The number of allylic oxidation sites excluding steroid dienone is 1. The van der Waals surface area contributed by atoms with Gasteiger partial charge in [0.05, 0.1) is 6.61 Å². The van der Waals surface area contributed by atoms with Crippen molar-refractivity contribution in [3.63, 3.8) is 0 Å². The van der Waals surface area contributed by atoms with Crippen LogP contribution in [0.1, 0.15) is 26.7 Å². The van der Waals surface area contributed by atoms with E-state index in [9.17, 15) is 4.79 Å². The number of carbonyl (C=O) groups excluding carboxylic acids is 1. The van der Waals surface area contributed by atoms with Crippen LogP contribution in [0.3, 0.4) is 0 Å². The van der Waals surface area contributed by atoms with Gasteiger partial charge in [0.15, 0.2) is 5.76 Å². The monoisotopic (exact) mass is 158 g/mol. The van der Waals surface area contributed by atoms with Crippen molar-refractivity contribution in [2.75, 3.05) is 6.61 Å². The van der Waals surface area contributed by atoms with E-state index in [-0.39, 0.29) is 5.76 Å². The molecule has 0 spiro atoms. The Morgan fingerprint density at radius 2 is 2.27 bits per heavy atom. The molecule has 0 heterocycles. The largest absolute Gasteiger partial charge is 0.502 e. The molecule has 0 aromatic carbocycles. The lowest BCUT2D eigenvalue weighted by molar-refractivity contribution is -0.142. The van der Waals surface area contributed by atoms with Gasteiger partial charge in [-0.25, -0.2) is 4.79 Å². The molecule has 3 heteroatoms. The first-order valence-corrected chi connectivity index (χ1v) is 3.74. The quantitative estimate of drug-likeness (QED) is 0.293. The van der Waals surface area contributed by atoms with Crippen LogP contribution in [0.5, 0.6) is 0 Å². The van der Waals surface area contributed by atoms with Crippen LogP contribution in [-0.2, 0) is 9.53 Å². The van der Waals surface area contributed by atoms with Gasteiger partial charge in [0.1, 0.15) is 0 Å². The maximum atomic E-state index is 10.7. The molecule has 1 N–H and O–H groups in total. The molecular formula is C8H14O3. The molecule has 0 aliphatic heterocycles. The summed E-state index contributed by atoms with van der Waals surface area (Å²) in [7, 11) is 0. The van der Waals surface area contributed by atoms with Crippen LogP contribution in [0.15, 0.2) is 11.8 Å². The van der Waals surface area contributed by atoms with E-state index >= 15 is 0 Å². The Hall–Kier alpha value is -0.990. The second kappa shape index (κ2) is 5.77. The molecule has 0 aliphatic carbocycles. The number of esters is 1. The molecule has 0 aliphatic rings. The van der Waals surface area contributed by atoms with Crippen LogP contribution in [0, 0.1) is 0 Å². The zero-order chi connectivity index (χ0) is 8.69. The molecule has 0 saturated heterocycles. The van der Waals surface area contributed by atoms with Crippen LogP contribution in [0.2, 0.25) is 0 Å². The lowest BCUT2D eigenvalue weighted by Gasteiger charge is -2.01. The molecule has 3 nitrogen and oxygen atoms in total. The summed E-state index contributed by atoms with van der Waals surface area (Å²) in [5.41, 5.74) is 0. The van der Waals surface area contributed by atoms with E-state index in [1.807, 2.05) is 6.92 Å². The van der Waals surface area contributed by atoms with Crippen LogP contribution < -0.4 is 0 Å². The fraction of sp³-hybridized carbons (Fsp3) is 0.625. The summed E-state index contributed by atoms with van der Waals surface area (Å²) in [6.07, 6.45) is 3.13. The van der Waals surface area contributed by atoms with E-state index in [2.05, 4.69) is 4.74 Å². The highest BCUT2D eigenvalue weighted by Crippen LogP contribution is 1.94. The topological polar surface area (TPSA) is 46.5 Å². The second-order valence-electron chi connectivity index (χ2n) is 2.16. The van der Waals surface area contributed by atoms with Gasteiger partial charge < -0.3 is 9.84 Å². The molecule has 0 fully saturated rings. The number of carbonyl (C=O) groups is 1. The van der Waals surface area contributed by atoms with Gasteiger partial charge in [-0.05, 0) is 19.4 Å². The average Bonchev–Trinajstić information content (AvgIpc) is 2.03. The number of hydrogen-bond acceptors (Lipinski definition) is 3. The highest BCUT2D eigenvalue weighted by molar-refractivity contribution is 5.85. The van der Waals surface area contributed by atoms with E-state index in [0.717, 1.165) is 12.8 Å². The molecule has 0 atom stereocenters. The van der Waals surface area contributed by atoms with Crippen molar-refractivity contribution >= 4 is 5.97 Å². The van der Waals surface area contributed by atoms with Crippen molar-refractivity contribution in [3.05, 3.63) is 11.8 Å². The average molecular weight is 158 g/mol. The van der Waals surface area contributed by atoms with Gasteiger partial charge in [-0.1, -0.05) is 13.3 Å². The molecule has 0 aromatic heterocycles. The van der Waals surface area contributed by atoms with Crippen LogP contribution in [-0.4, -0.2) is 17.7 Å². The summed E-state index contributed by atoms with van der Waals surface area (Å²) >= 11 is 0. The molecular weight excluding hydrogens is 144 g/mol. The maximum Gasteiger partial charge on any atom is 0.373 e. The van der Waals surface area contributed by atoms with Crippen LogP contribution in [0.25, 0.3) is 0 Å². The number of aliphatic hydroxyl groups is 1. The van der Waals surface area contributed by atoms with Crippen molar-refractivity contribution in [1.29, 1.82) is 0 Å².